The molecule has 0 saturated carbocycles. The topological polar surface area (TPSA) is 50.9 Å². The summed E-state index contributed by atoms with van der Waals surface area (Å²) in [7, 11) is 1.86. The first kappa shape index (κ1) is 12.8. The van der Waals surface area contributed by atoms with E-state index in [9.17, 15) is 5.11 Å². The molecule has 0 bridgehead atoms. The lowest BCUT2D eigenvalue weighted by molar-refractivity contribution is 0.210. The first-order chi connectivity index (χ1) is 9.69. The molecule has 0 fully saturated rings. The molecule has 0 aliphatic carbocycles. The first-order valence-electron chi connectivity index (χ1n) is 6.74. The fraction of sp³-hybridized carbons (Fsp3) is 0.250. The molecule has 2 heterocycles. The molecule has 20 heavy (non-hydrogen) atoms. The Morgan fingerprint density at radius 2 is 2.10 bits per heavy atom. The van der Waals surface area contributed by atoms with E-state index in [0.29, 0.717) is 0 Å². The molecule has 0 aliphatic rings. The van der Waals surface area contributed by atoms with Gasteiger partial charge in [-0.1, -0.05) is 19.1 Å². The molecule has 3 aromatic rings. The Hall–Kier alpha value is -2.20. The number of rotatable bonds is 3. The van der Waals surface area contributed by atoms with Gasteiger partial charge in [-0.2, -0.15) is 5.10 Å². The maximum absolute atomic E-state index is 10.6. The monoisotopic (exact) mass is 267 g/mol. The second-order valence-corrected chi connectivity index (χ2v) is 4.90. The lowest BCUT2D eigenvalue weighted by Crippen LogP contribution is -2.06. The molecule has 0 saturated heterocycles. The van der Waals surface area contributed by atoms with Crippen LogP contribution in [0.4, 0.5) is 0 Å². The highest BCUT2D eigenvalue weighted by molar-refractivity contribution is 5.79. The minimum absolute atomic E-state index is 0.669. The van der Waals surface area contributed by atoms with Crippen LogP contribution in [0.15, 0.2) is 42.6 Å². The van der Waals surface area contributed by atoms with Gasteiger partial charge in [0.2, 0.25) is 0 Å². The van der Waals surface area contributed by atoms with Crippen molar-refractivity contribution in [2.24, 2.45) is 7.05 Å². The molecule has 2 aromatic heterocycles. The highest BCUT2D eigenvalue weighted by Crippen LogP contribution is 2.25. The first-order valence-corrected chi connectivity index (χ1v) is 6.74. The van der Waals surface area contributed by atoms with Crippen molar-refractivity contribution in [3.8, 4) is 0 Å². The predicted molar refractivity (Wildman–Crippen MR) is 78.4 cm³/mol. The molecule has 3 rings (SSSR count). The molecule has 4 nitrogen and oxygen atoms in total. The molecule has 1 unspecified atom stereocenters. The van der Waals surface area contributed by atoms with Gasteiger partial charge in [0.1, 0.15) is 6.10 Å². The van der Waals surface area contributed by atoms with Gasteiger partial charge in [-0.05, 0) is 36.2 Å². The number of aromatic nitrogens is 3. The summed E-state index contributed by atoms with van der Waals surface area (Å²) in [4.78, 5) is 4.29. The summed E-state index contributed by atoms with van der Waals surface area (Å²) in [5.74, 6) is 0. The van der Waals surface area contributed by atoms with E-state index in [1.54, 1.807) is 10.9 Å². The van der Waals surface area contributed by atoms with Crippen molar-refractivity contribution in [1.82, 2.24) is 14.8 Å². The van der Waals surface area contributed by atoms with Crippen LogP contribution in [0.3, 0.4) is 0 Å². The Morgan fingerprint density at radius 1 is 1.25 bits per heavy atom. The number of pyridine rings is 1. The van der Waals surface area contributed by atoms with Crippen LogP contribution in [0.2, 0.25) is 0 Å². The van der Waals surface area contributed by atoms with Gasteiger partial charge in [0.05, 0.1) is 16.9 Å². The van der Waals surface area contributed by atoms with E-state index in [-0.39, 0.29) is 0 Å². The van der Waals surface area contributed by atoms with Gasteiger partial charge in [-0.3, -0.25) is 9.67 Å². The van der Waals surface area contributed by atoms with E-state index >= 15 is 0 Å². The largest absolute Gasteiger partial charge is 0.382 e. The van der Waals surface area contributed by atoms with Crippen molar-refractivity contribution in [3.63, 3.8) is 0 Å². The fourth-order valence-electron chi connectivity index (χ4n) is 2.41. The number of aryl methyl sites for hydroxylation is 2. The van der Waals surface area contributed by atoms with Crippen LogP contribution in [0.1, 0.15) is 30.0 Å². The molecule has 0 aliphatic heterocycles. The maximum atomic E-state index is 10.6. The highest BCUT2D eigenvalue weighted by atomic mass is 16.3. The van der Waals surface area contributed by atoms with E-state index in [0.717, 1.165) is 34.3 Å². The minimum atomic E-state index is -0.669. The third-order valence-electron chi connectivity index (χ3n) is 3.55. The second-order valence-electron chi connectivity index (χ2n) is 4.90. The van der Waals surface area contributed by atoms with E-state index in [1.807, 2.05) is 43.4 Å². The maximum Gasteiger partial charge on any atom is 0.121 e. The van der Waals surface area contributed by atoms with Crippen LogP contribution in [-0.2, 0) is 13.5 Å². The Balaban J connectivity index is 2.02. The van der Waals surface area contributed by atoms with Crippen molar-refractivity contribution >= 4 is 10.9 Å². The van der Waals surface area contributed by atoms with Crippen LogP contribution in [0.5, 0.6) is 0 Å². The van der Waals surface area contributed by atoms with E-state index in [1.165, 1.54) is 0 Å². The Kier molecular flexibility index (Phi) is 3.24. The lowest BCUT2D eigenvalue weighted by atomic mass is 10.0. The predicted octanol–water partition coefficient (Wildman–Crippen LogP) is 2.61. The van der Waals surface area contributed by atoms with Crippen LogP contribution in [-0.4, -0.2) is 19.9 Å². The smallest absolute Gasteiger partial charge is 0.121 e. The zero-order valence-electron chi connectivity index (χ0n) is 11.6. The molecule has 102 valence electrons. The average molecular weight is 267 g/mol. The average Bonchev–Trinajstić information content (AvgIpc) is 2.87. The molecule has 0 spiro atoms. The number of fused-ring (bicyclic) bond motifs is 1. The SMILES string of the molecule is CCc1cc(C(O)c2ccc3ncccc3c2)n(C)n1. The third-order valence-corrected chi connectivity index (χ3v) is 3.55. The van der Waals surface area contributed by atoms with Gasteiger partial charge in [0.15, 0.2) is 0 Å². The lowest BCUT2D eigenvalue weighted by Gasteiger charge is -2.12. The van der Waals surface area contributed by atoms with Gasteiger partial charge in [0.25, 0.3) is 0 Å². The van der Waals surface area contributed by atoms with Gasteiger partial charge in [-0.25, -0.2) is 0 Å². The van der Waals surface area contributed by atoms with Gasteiger partial charge >= 0.3 is 0 Å². The minimum Gasteiger partial charge on any atom is -0.382 e. The molecule has 1 atom stereocenters. The van der Waals surface area contributed by atoms with Crippen molar-refractivity contribution in [2.45, 2.75) is 19.4 Å². The third kappa shape index (κ3) is 2.18. The standard InChI is InChI=1S/C16H17N3O/c1-3-13-10-15(19(2)18-13)16(20)12-6-7-14-11(9-12)5-4-8-17-14/h4-10,16,20H,3H2,1-2H3. The molecule has 4 heteroatoms. The summed E-state index contributed by atoms with van der Waals surface area (Å²) in [6.45, 7) is 2.06. The molecule has 1 N–H and O–H groups in total. The summed E-state index contributed by atoms with van der Waals surface area (Å²) in [5.41, 5.74) is 3.59. The van der Waals surface area contributed by atoms with Crippen LogP contribution < -0.4 is 0 Å². The number of nitrogens with zero attached hydrogens (tertiary/aromatic N) is 3. The summed E-state index contributed by atoms with van der Waals surface area (Å²) >= 11 is 0. The van der Waals surface area contributed by atoms with E-state index in [2.05, 4.69) is 17.0 Å². The number of hydrogen-bond acceptors (Lipinski definition) is 3. The Bertz CT molecular complexity index is 748. The van der Waals surface area contributed by atoms with Crippen molar-refractivity contribution in [1.29, 1.82) is 0 Å². The van der Waals surface area contributed by atoms with Crippen LogP contribution >= 0.6 is 0 Å². The highest BCUT2D eigenvalue weighted by Gasteiger charge is 2.16. The number of aliphatic hydroxyl groups is 1. The van der Waals surface area contributed by atoms with Crippen LogP contribution in [0.25, 0.3) is 10.9 Å². The summed E-state index contributed by atoms with van der Waals surface area (Å²) < 4.78 is 1.75. The molecular formula is C16H17N3O. The zero-order valence-corrected chi connectivity index (χ0v) is 11.6. The molecule has 0 amide bonds. The number of hydrogen-bond donors (Lipinski definition) is 1. The summed E-state index contributed by atoms with van der Waals surface area (Å²) in [6.07, 6.45) is 1.97. The normalized spacial score (nSPS) is 12.8. The molecular weight excluding hydrogens is 250 g/mol. The zero-order chi connectivity index (χ0) is 14.1. The van der Waals surface area contributed by atoms with Crippen molar-refractivity contribution < 1.29 is 5.11 Å². The quantitative estimate of drug-likeness (QED) is 0.793. The van der Waals surface area contributed by atoms with E-state index in [4.69, 9.17) is 0 Å². The Labute approximate surface area is 117 Å². The second kappa shape index (κ2) is 5.06. The van der Waals surface area contributed by atoms with Gasteiger partial charge < -0.3 is 5.11 Å². The van der Waals surface area contributed by atoms with E-state index < -0.39 is 6.10 Å². The van der Waals surface area contributed by atoms with Crippen molar-refractivity contribution in [2.75, 3.05) is 0 Å². The molecule has 1 aromatic carbocycles. The molecule has 0 radical (unpaired) electrons. The summed E-state index contributed by atoms with van der Waals surface area (Å²) in [5, 5.41) is 16.0. The number of benzene rings is 1. The fourth-order valence-corrected chi connectivity index (χ4v) is 2.41. The van der Waals surface area contributed by atoms with Gasteiger partial charge in [0, 0.05) is 18.6 Å². The summed E-state index contributed by atoms with van der Waals surface area (Å²) in [6, 6.07) is 11.7. The number of aliphatic hydroxyl groups excluding tert-OH is 1. The Morgan fingerprint density at radius 3 is 2.85 bits per heavy atom. The van der Waals surface area contributed by atoms with Crippen LogP contribution in [0, 0.1) is 0 Å². The van der Waals surface area contributed by atoms with Crippen molar-refractivity contribution in [3.05, 3.63) is 59.5 Å². The van der Waals surface area contributed by atoms with Gasteiger partial charge in [-0.15, -0.1) is 0 Å².